The van der Waals surface area contributed by atoms with Crippen molar-refractivity contribution in [1.29, 1.82) is 0 Å². The van der Waals surface area contributed by atoms with Crippen LogP contribution in [0, 0.1) is 5.92 Å². The molecule has 0 aliphatic heterocycles. The summed E-state index contributed by atoms with van der Waals surface area (Å²) in [7, 11) is 5.99. The van der Waals surface area contributed by atoms with Crippen LogP contribution in [0.5, 0.6) is 0 Å². The van der Waals surface area contributed by atoms with Crippen LogP contribution < -0.4 is 10.6 Å². The molecule has 1 aliphatic carbocycles. The Hall–Kier alpha value is -0.850. The SMILES string of the molecule is CCNC(=NCC(C1CC1)N(C)C)NCCCOCCOC. The lowest BCUT2D eigenvalue weighted by atomic mass is 10.2. The molecule has 6 nitrogen and oxygen atoms in total. The molecule has 1 fully saturated rings. The minimum atomic E-state index is 0.563. The second-order valence-corrected chi connectivity index (χ2v) is 5.97. The molecular weight excluding hydrogens is 280 g/mol. The van der Waals surface area contributed by atoms with E-state index in [4.69, 9.17) is 14.5 Å². The lowest BCUT2D eigenvalue weighted by Gasteiger charge is -2.23. The number of ether oxygens (including phenoxy) is 2. The molecule has 1 rings (SSSR count). The van der Waals surface area contributed by atoms with Crippen molar-refractivity contribution in [2.24, 2.45) is 10.9 Å². The third kappa shape index (κ3) is 8.56. The van der Waals surface area contributed by atoms with E-state index in [0.29, 0.717) is 19.3 Å². The molecule has 0 aromatic rings. The van der Waals surface area contributed by atoms with Gasteiger partial charge in [-0.05, 0) is 46.2 Å². The number of guanidine groups is 1. The quantitative estimate of drug-likeness (QED) is 0.319. The van der Waals surface area contributed by atoms with Crippen molar-refractivity contribution in [1.82, 2.24) is 15.5 Å². The first-order chi connectivity index (χ1) is 10.7. The van der Waals surface area contributed by atoms with Crippen molar-refractivity contribution in [3.8, 4) is 0 Å². The van der Waals surface area contributed by atoms with Crippen LogP contribution in [0.3, 0.4) is 0 Å². The largest absolute Gasteiger partial charge is 0.382 e. The van der Waals surface area contributed by atoms with Gasteiger partial charge in [-0.2, -0.15) is 0 Å². The second-order valence-electron chi connectivity index (χ2n) is 5.97. The van der Waals surface area contributed by atoms with E-state index in [2.05, 4.69) is 36.6 Å². The van der Waals surface area contributed by atoms with E-state index in [1.54, 1.807) is 7.11 Å². The van der Waals surface area contributed by atoms with Crippen LogP contribution in [0.15, 0.2) is 4.99 Å². The average molecular weight is 314 g/mol. The summed E-state index contributed by atoms with van der Waals surface area (Å²) in [6.45, 7) is 6.77. The molecule has 1 aliphatic rings. The van der Waals surface area contributed by atoms with Crippen molar-refractivity contribution >= 4 is 5.96 Å². The van der Waals surface area contributed by atoms with Gasteiger partial charge < -0.3 is 25.0 Å². The lowest BCUT2D eigenvalue weighted by molar-refractivity contribution is 0.0698. The Kier molecular flexibility index (Phi) is 10.2. The Bertz CT molecular complexity index is 305. The molecule has 1 saturated carbocycles. The van der Waals surface area contributed by atoms with Crippen LogP contribution in [0.2, 0.25) is 0 Å². The number of hydrogen-bond donors (Lipinski definition) is 2. The highest BCUT2D eigenvalue weighted by atomic mass is 16.5. The van der Waals surface area contributed by atoms with Crippen molar-refractivity contribution in [3.63, 3.8) is 0 Å². The fraction of sp³-hybridized carbons (Fsp3) is 0.938. The van der Waals surface area contributed by atoms with Crippen LogP contribution in [0.4, 0.5) is 0 Å². The van der Waals surface area contributed by atoms with Gasteiger partial charge in [0.05, 0.1) is 19.8 Å². The molecule has 1 atom stereocenters. The van der Waals surface area contributed by atoms with E-state index in [0.717, 1.165) is 44.5 Å². The predicted octanol–water partition coefficient (Wildman–Crippen LogP) is 0.935. The summed E-state index contributed by atoms with van der Waals surface area (Å²) in [5.74, 6) is 1.74. The molecule has 0 aromatic carbocycles. The summed E-state index contributed by atoms with van der Waals surface area (Å²) >= 11 is 0. The van der Waals surface area contributed by atoms with Crippen molar-refractivity contribution in [3.05, 3.63) is 0 Å². The zero-order chi connectivity index (χ0) is 16.2. The average Bonchev–Trinajstić information content (AvgIpc) is 3.30. The fourth-order valence-electron chi connectivity index (χ4n) is 2.37. The van der Waals surface area contributed by atoms with E-state index < -0.39 is 0 Å². The van der Waals surface area contributed by atoms with Crippen molar-refractivity contribution in [2.75, 3.05) is 60.7 Å². The van der Waals surface area contributed by atoms with Gasteiger partial charge in [-0.3, -0.25) is 4.99 Å². The highest BCUT2D eigenvalue weighted by molar-refractivity contribution is 5.79. The molecule has 130 valence electrons. The molecule has 1 unspecified atom stereocenters. The van der Waals surface area contributed by atoms with Gasteiger partial charge in [0, 0.05) is 32.8 Å². The summed E-state index contributed by atoms with van der Waals surface area (Å²) < 4.78 is 10.4. The maximum atomic E-state index is 5.45. The fourth-order valence-corrected chi connectivity index (χ4v) is 2.37. The summed E-state index contributed by atoms with van der Waals surface area (Å²) in [5, 5.41) is 6.68. The number of hydrogen-bond acceptors (Lipinski definition) is 4. The topological polar surface area (TPSA) is 58.1 Å². The number of methoxy groups -OCH3 is 1. The minimum absolute atomic E-state index is 0.563. The molecule has 0 aromatic heterocycles. The van der Waals surface area contributed by atoms with Gasteiger partial charge in [0.2, 0.25) is 0 Å². The predicted molar refractivity (Wildman–Crippen MR) is 91.5 cm³/mol. The third-order valence-corrected chi connectivity index (χ3v) is 3.80. The summed E-state index contributed by atoms with van der Waals surface area (Å²) in [6.07, 6.45) is 3.66. The standard InChI is InChI=1S/C16H34N4O2/c1-5-17-16(18-9-6-10-22-12-11-21-4)19-13-15(20(2)3)14-7-8-14/h14-15H,5-13H2,1-4H3,(H2,17,18,19). The zero-order valence-corrected chi connectivity index (χ0v) is 14.7. The third-order valence-electron chi connectivity index (χ3n) is 3.80. The Balaban J connectivity index is 2.23. The first-order valence-electron chi connectivity index (χ1n) is 8.44. The first kappa shape index (κ1) is 19.2. The number of rotatable bonds is 12. The van der Waals surface area contributed by atoms with Gasteiger partial charge in [-0.25, -0.2) is 0 Å². The van der Waals surface area contributed by atoms with E-state index in [1.165, 1.54) is 12.8 Å². The van der Waals surface area contributed by atoms with Crippen molar-refractivity contribution in [2.45, 2.75) is 32.2 Å². The first-order valence-corrected chi connectivity index (χ1v) is 8.44. The van der Waals surface area contributed by atoms with Gasteiger partial charge in [0.25, 0.3) is 0 Å². The Labute approximate surface area is 135 Å². The van der Waals surface area contributed by atoms with E-state index >= 15 is 0 Å². The maximum Gasteiger partial charge on any atom is 0.191 e. The molecule has 0 bridgehead atoms. The van der Waals surface area contributed by atoms with Crippen molar-refractivity contribution < 1.29 is 9.47 Å². The maximum absolute atomic E-state index is 5.45. The smallest absolute Gasteiger partial charge is 0.191 e. The lowest BCUT2D eigenvalue weighted by Crippen LogP contribution is -2.40. The Morgan fingerprint density at radius 2 is 2.00 bits per heavy atom. The molecule has 0 radical (unpaired) electrons. The van der Waals surface area contributed by atoms with Crippen LogP contribution in [-0.4, -0.2) is 77.6 Å². The summed E-state index contributed by atoms with van der Waals surface area (Å²) in [6, 6.07) is 0.563. The van der Waals surface area contributed by atoms with E-state index in [9.17, 15) is 0 Å². The summed E-state index contributed by atoms with van der Waals surface area (Å²) in [4.78, 5) is 7.04. The molecule has 2 N–H and O–H groups in total. The molecule has 0 spiro atoms. The summed E-state index contributed by atoms with van der Waals surface area (Å²) in [5.41, 5.74) is 0. The van der Waals surface area contributed by atoms with Gasteiger partial charge in [0.15, 0.2) is 5.96 Å². The number of nitrogens with one attached hydrogen (secondary N) is 2. The van der Waals surface area contributed by atoms with Gasteiger partial charge in [0.1, 0.15) is 0 Å². The second kappa shape index (κ2) is 11.7. The number of aliphatic imine (C=N–C) groups is 1. The number of nitrogens with zero attached hydrogens (tertiary/aromatic N) is 2. The normalized spacial score (nSPS) is 16.9. The van der Waals surface area contributed by atoms with Crippen LogP contribution >= 0.6 is 0 Å². The number of likely N-dealkylation sites (N-methyl/N-ethyl adjacent to an activating group) is 1. The van der Waals surface area contributed by atoms with Gasteiger partial charge in [-0.15, -0.1) is 0 Å². The molecule has 6 heteroatoms. The zero-order valence-electron chi connectivity index (χ0n) is 14.7. The Morgan fingerprint density at radius 3 is 2.59 bits per heavy atom. The van der Waals surface area contributed by atoms with Crippen LogP contribution in [0.25, 0.3) is 0 Å². The molecule has 0 saturated heterocycles. The van der Waals surface area contributed by atoms with E-state index in [1.807, 2.05) is 0 Å². The highest BCUT2D eigenvalue weighted by Gasteiger charge is 2.32. The Morgan fingerprint density at radius 1 is 1.23 bits per heavy atom. The van der Waals surface area contributed by atoms with E-state index in [-0.39, 0.29) is 0 Å². The van der Waals surface area contributed by atoms with Gasteiger partial charge >= 0.3 is 0 Å². The van der Waals surface area contributed by atoms with Crippen LogP contribution in [0.1, 0.15) is 26.2 Å². The monoisotopic (exact) mass is 314 g/mol. The molecule has 22 heavy (non-hydrogen) atoms. The van der Waals surface area contributed by atoms with Gasteiger partial charge in [-0.1, -0.05) is 0 Å². The highest BCUT2D eigenvalue weighted by Crippen LogP contribution is 2.34. The molecular formula is C16H34N4O2. The van der Waals surface area contributed by atoms with Crippen LogP contribution in [-0.2, 0) is 9.47 Å². The molecule has 0 amide bonds. The minimum Gasteiger partial charge on any atom is -0.382 e. The molecule has 0 heterocycles.